The number of aromatic hydroxyl groups is 1. The summed E-state index contributed by atoms with van der Waals surface area (Å²) < 4.78 is 5.54. The Labute approximate surface area is 204 Å². The molecule has 1 aromatic heterocycles. The second kappa shape index (κ2) is 11.1. The van der Waals surface area contributed by atoms with E-state index in [1.54, 1.807) is 18.2 Å². The van der Waals surface area contributed by atoms with Crippen molar-refractivity contribution < 1.29 is 14.6 Å². The largest absolute Gasteiger partial charge is 0.508 e. The maximum absolute atomic E-state index is 11.0. The number of allylic oxidation sites excluding steroid dienone is 1. The number of anilines is 3. The van der Waals surface area contributed by atoms with E-state index >= 15 is 0 Å². The number of carbonyl (C=O) groups is 1. The minimum atomic E-state index is -0.0605. The maximum atomic E-state index is 11.0. The molecule has 1 fully saturated rings. The van der Waals surface area contributed by atoms with E-state index in [1.807, 2.05) is 25.1 Å². The third kappa shape index (κ3) is 5.64. The van der Waals surface area contributed by atoms with Crippen molar-refractivity contribution in [1.82, 2.24) is 14.9 Å². The monoisotopic (exact) mass is 478 g/mol. The first-order valence-electron chi connectivity index (χ1n) is 11.3. The van der Waals surface area contributed by atoms with Crippen LogP contribution in [-0.2, 0) is 9.53 Å². The first-order valence-corrected chi connectivity index (χ1v) is 11.3. The molecule has 1 atom stereocenters. The number of carbonyl (C=O) groups excluding carboxylic acids is 1. The highest BCUT2D eigenvalue weighted by molar-refractivity contribution is 6.01. The van der Waals surface area contributed by atoms with E-state index in [9.17, 15) is 9.90 Å². The van der Waals surface area contributed by atoms with Crippen LogP contribution in [0, 0.1) is 0 Å². The molecule has 1 saturated heterocycles. The Morgan fingerprint density at radius 1 is 1.34 bits per heavy atom. The van der Waals surface area contributed by atoms with Gasteiger partial charge in [0.25, 0.3) is 0 Å². The van der Waals surface area contributed by atoms with Crippen molar-refractivity contribution >= 4 is 36.5 Å². The van der Waals surface area contributed by atoms with Crippen molar-refractivity contribution in [3.8, 4) is 17.1 Å². The first-order chi connectivity index (χ1) is 17.0. The van der Waals surface area contributed by atoms with Gasteiger partial charge in [-0.3, -0.25) is 19.7 Å². The Morgan fingerprint density at radius 3 is 2.83 bits per heavy atom. The topological polar surface area (TPSA) is 119 Å². The molecular formula is C24H30N8O3. The molecule has 1 unspecified atom stereocenters. The number of aliphatic imine (C=N–C) groups is 2. The zero-order valence-corrected chi connectivity index (χ0v) is 20.0. The molecule has 2 aliphatic rings. The second-order valence-corrected chi connectivity index (χ2v) is 8.41. The highest BCUT2D eigenvalue weighted by Crippen LogP contribution is 2.40. The highest BCUT2D eigenvalue weighted by atomic mass is 16.5. The summed E-state index contributed by atoms with van der Waals surface area (Å²) in [6.07, 6.45) is 3.49. The molecule has 0 amide bonds. The summed E-state index contributed by atoms with van der Waals surface area (Å²) in [5.41, 5.74) is 1.99. The van der Waals surface area contributed by atoms with Crippen molar-refractivity contribution in [3.05, 3.63) is 36.0 Å². The van der Waals surface area contributed by atoms with Gasteiger partial charge in [0.2, 0.25) is 0 Å². The second-order valence-electron chi connectivity index (χ2n) is 8.41. The number of rotatable bonds is 9. The molecule has 11 heteroatoms. The average molecular weight is 479 g/mol. The third-order valence-electron chi connectivity index (χ3n) is 5.82. The number of phenolic OH excluding ortho intramolecular Hbond substituents is 1. The lowest BCUT2D eigenvalue weighted by atomic mass is 10.2. The number of hydrogen-bond acceptors (Lipinski definition) is 11. The average Bonchev–Trinajstić information content (AvgIpc) is 3.18. The Kier molecular flexibility index (Phi) is 7.68. The molecule has 0 radical (unpaired) electrons. The van der Waals surface area contributed by atoms with E-state index in [4.69, 9.17) is 14.7 Å². The number of benzene rings is 1. The molecule has 0 saturated carbocycles. The number of fused-ring (bicyclic) bond motifs is 1. The fourth-order valence-corrected chi connectivity index (χ4v) is 4.02. The number of nitrogens with zero attached hydrogens (tertiary/aromatic N) is 7. The molecule has 184 valence electrons. The summed E-state index contributed by atoms with van der Waals surface area (Å²) in [4.78, 5) is 35.0. The summed E-state index contributed by atoms with van der Waals surface area (Å²) in [6, 6.07) is 6.97. The lowest BCUT2D eigenvalue weighted by Gasteiger charge is -2.29. The molecular weight excluding hydrogens is 448 g/mol. The van der Waals surface area contributed by atoms with Crippen LogP contribution in [0.15, 0.2) is 46.0 Å². The zero-order valence-electron chi connectivity index (χ0n) is 20.0. The highest BCUT2D eigenvalue weighted by Gasteiger charge is 2.33. The number of morpholine rings is 1. The Bertz CT molecular complexity index is 1130. The van der Waals surface area contributed by atoms with Crippen LogP contribution in [0.5, 0.6) is 5.75 Å². The fourth-order valence-electron chi connectivity index (χ4n) is 4.02. The molecule has 3 heterocycles. The number of hydrogen-bond donors (Lipinski definition) is 2. The van der Waals surface area contributed by atoms with E-state index in [0.29, 0.717) is 44.1 Å². The van der Waals surface area contributed by atoms with Gasteiger partial charge in [-0.1, -0.05) is 12.1 Å². The van der Waals surface area contributed by atoms with Crippen LogP contribution >= 0.6 is 0 Å². The van der Waals surface area contributed by atoms with Gasteiger partial charge in [0.05, 0.1) is 25.5 Å². The standard InChI is InChI=1S/C24H30N8O3/c1-25-12-17(15-33)13-26-16-30(2)14-20-27-21-23(31(20)3)28-22(18-5-4-6-19(34)11-18)29-24(21)32-7-9-35-10-8-32/h4-6,11-13,15,20,27,34H,1,7-10,14,16H2,2-3H3/b17-12+,26-13-. The van der Waals surface area contributed by atoms with Gasteiger partial charge < -0.3 is 25.0 Å². The predicted molar refractivity (Wildman–Crippen MR) is 138 cm³/mol. The Balaban J connectivity index is 1.57. The molecule has 35 heavy (non-hydrogen) atoms. The van der Waals surface area contributed by atoms with E-state index in [0.717, 1.165) is 36.0 Å². The van der Waals surface area contributed by atoms with E-state index < -0.39 is 0 Å². The third-order valence-corrected chi connectivity index (χ3v) is 5.82. The van der Waals surface area contributed by atoms with Crippen molar-refractivity contribution in [3.63, 3.8) is 0 Å². The van der Waals surface area contributed by atoms with Crippen molar-refractivity contribution in [2.24, 2.45) is 9.98 Å². The van der Waals surface area contributed by atoms with Gasteiger partial charge in [-0.25, -0.2) is 9.97 Å². The number of phenols is 1. The molecule has 2 aromatic rings. The molecule has 0 aliphatic carbocycles. The van der Waals surface area contributed by atoms with Gasteiger partial charge >= 0.3 is 0 Å². The minimum Gasteiger partial charge on any atom is -0.508 e. The molecule has 0 bridgehead atoms. The predicted octanol–water partition coefficient (Wildman–Crippen LogP) is 1.62. The first kappa shape index (κ1) is 24.3. The van der Waals surface area contributed by atoms with Gasteiger partial charge in [0, 0.05) is 44.7 Å². The normalized spacial score (nSPS) is 18.1. The molecule has 2 aliphatic heterocycles. The SMILES string of the molecule is C=N/C=C(C=O)\C=N/CN(C)CC1Nc2c(N3CCOCC3)nc(-c3cccc(O)c3)nc2N1C. The number of nitrogens with one attached hydrogen (secondary N) is 1. The molecule has 2 N–H and O–H groups in total. The van der Waals surface area contributed by atoms with Crippen LogP contribution in [-0.4, -0.2) is 99.0 Å². The van der Waals surface area contributed by atoms with Crippen molar-refractivity contribution in [2.75, 3.05) is 68.7 Å². The summed E-state index contributed by atoms with van der Waals surface area (Å²) in [6.45, 7) is 7.15. The summed E-state index contributed by atoms with van der Waals surface area (Å²) in [5, 5.41) is 13.6. The number of aldehydes is 1. The molecule has 11 nitrogen and oxygen atoms in total. The fraction of sp³-hybridized carbons (Fsp3) is 0.375. The Hall–Kier alpha value is -3.83. The van der Waals surface area contributed by atoms with Gasteiger partial charge in [-0.05, 0) is 25.9 Å². The lowest BCUT2D eigenvalue weighted by Crippen LogP contribution is -2.42. The summed E-state index contributed by atoms with van der Waals surface area (Å²) in [7, 11) is 3.95. The number of likely N-dealkylation sites (N-methyl/N-ethyl adjacent to an activating group) is 2. The molecule has 0 spiro atoms. The van der Waals surface area contributed by atoms with Gasteiger partial charge in [0.15, 0.2) is 23.7 Å². The van der Waals surface area contributed by atoms with E-state index in [-0.39, 0.29) is 11.9 Å². The minimum absolute atomic E-state index is 0.0605. The van der Waals surface area contributed by atoms with Crippen molar-refractivity contribution in [2.45, 2.75) is 6.17 Å². The quantitative estimate of drug-likeness (QED) is 0.315. The number of aromatic nitrogens is 2. The molecule has 1 aromatic carbocycles. The van der Waals surface area contributed by atoms with Crippen LogP contribution in [0.4, 0.5) is 17.3 Å². The van der Waals surface area contributed by atoms with Crippen LogP contribution < -0.4 is 15.1 Å². The number of ether oxygens (including phenoxy) is 1. The van der Waals surface area contributed by atoms with Crippen LogP contribution in [0.1, 0.15) is 0 Å². The summed E-state index contributed by atoms with van der Waals surface area (Å²) >= 11 is 0. The van der Waals surface area contributed by atoms with Crippen LogP contribution in [0.2, 0.25) is 0 Å². The maximum Gasteiger partial charge on any atom is 0.164 e. The van der Waals surface area contributed by atoms with Crippen LogP contribution in [0.3, 0.4) is 0 Å². The lowest BCUT2D eigenvalue weighted by molar-refractivity contribution is -0.104. The summed E-state index contributed by atoms with van der Waals surface area (Å²) in [5.74, 6) is 2.34. The van der Waals surface area contributed by atoms with Gasteiger partial charge in [-0.15, -0.1) is 0 Å². The van der Waals surface area contributed by atoms with Gasteiger partial charge in [-0.2, -0.15) is 0 Å². The van der Waals surface area contributed by atoms with Crippen LogP contribution in [0.25, 0.3) is 11.4 Å². The zero-order chi connectivity index (χ0) is 24.8. The van der Waals surface area contributed by atoms with E-state index in [1.165, 1.54) is 12.4 Å². The van der Waals surface area contributed by atoms with Gasteiger partial charge in [0.1, 0.15) is 17.6 Å². The Morgan fingerprint density at radius 2 is 2.11 bits per heavy atom. The smallest absolute Gasteiger partial charge is 0.164 e. The molecule has 4 rings (SSSR count). The van der Waals surface area contributed by atoms with Crippen molar-refractivity contribution in [1.29, 1.82) is 0 Å². The van der Waals surface area contributed by atoms with E-state index in [2.05, 4.69) is 31.8 Å².